The van der Waals surface area contributed by atoms with Gasteiger partial charge < -0.3 is 42.3 Å². The molecule has 2 aliphatic heterocycles. The Bertz CT molecular complexity index is 1540. The summed E-state index contributed by atoms with van der Waals surface area (Å²) in [6, 6.07) is 4.55. The van der Waals surface area contributed by atoms with Gasteiger partial charge in [0.25, 0.3) is 0 Å². The molecule has 266 valence electrons. The van der Waals surface area contributed by atoms with E-state index in [2.05, 4.69) is 26.6 Å². The lowest BCUT2D eigenvalue weighted by molar-refractivity contribution is -0.144. The summed E-state index contributed by atoms with van der Waals surface area (Å²) >= 11 is 2.81. The van der Waals surface area contributed by atoms with E-state index in [-0.39, 0.29) is 31.8 Å². The van der Waals surface area contributed by atoms with Crippen LogP contribution in [0.3, 0.4) is 0 Å². The van der Waals surface area contributed by atoms with Crippen LogP contribution in [0.25, 0.3) is 10.4 Å². The number of nitrogens with two attached hydrogens (primary N) is 1. The fraction of sp³-hybridized carbons (Fsp3) is 0.515. The summed E-state index contributed by atoms with van der Waals surface area (Å²) in [4.78, 5) is 82.2. The summed E-state index contributed by atoms with van der Waals surface area (Å²) in [5.74, 6) is -3.18. The molecular weight excluding hydrogens is 671 g/mol. The largest absolute Gasteiger partial charge is 0.391 e. The van der Waals surface area contributed by atoms with Gasteiger partial charge in [0, 0.05) is 36.7 Å². The van der Waals surface area contributed by atoms with Crippen LogP contribution in [-0.4, -0.2) is 107 Å². The van der Waals surface area contributed by atoms with Gasteiger partial charge in [0.05, 0.1) is 18.4 Å². The van der Waals surface area contributed by atoms with Gasteiger partial charge in [-0.15, -0.1) is 11.3 Å². The number of carbonyl (C=O) groups excluding carboxylic acids is 6. The van der Waals surface area contributed by atoms with Crippen molar-refractivity contribution in [2.45, 2.75) is 64.4 Å². The predicted octanol–water partition coefficient (Wildman–Crippen LogP) is -0.204. The first-order chi connectivity index (χ1) is 23.2. The third kappa shape index (κ3) is 9.80. The lowest BCUT2D eigenvalue weighted by atomic mass is 9.85. The Kier molecular flexibility index (Phi) is 12.8. The van der Waals surface area contributed by atoms with Crippen molar-refractivity contribution in [3.63, 3.8) is 0 Å². The quantitative estimate of drug-likeness (QED) is 0.224. The lowest BCUT2D eigenvalue weighted by Crippen LogP contribution is -2.58. The molecule has 2 saturated heterocycles. The third-order valence-electron chi connectivity index (χ3n) is 8.29. The Balaban J connectivity index is 1.66. The molecule has 4 rings (SSSR count). The number of nitrogens with one attached hydrogen (secondary N) is 5. The number of thiophene rings is 1. The maximum Gasteiger partial charge on any atom is 0.247 e. The molecule has 5 atom stereocenters. The van der Waals surface area contributed by atoms with Gasteiger partial charge in [-0.3, -0.25) is 28.8 Å². The molecule has 2 aromatic rings. The van der Waals surface area contributed by atoms with Crippen LogP contribution >= 0.6 is 23.1 Å². The molecule has 1 aromatic carbocycles. The fourth-order valence-corrected chi connectivity index (χ4v) is 7.23. The van der Waals surface area contributed by atoms with Gasteiger partial charge in [-0.2, -0.15) is 11.8 Å². The second-order valence-corrected chi connectivity index (χ2v) is 15.2. The van der Waals surface area contributed by atoms with Crippen LogP contribution in [0.2, 0.25) is 0 Å². The summed E-state index contributed by atoms with van der Waals surface area (Å²) in [5.41, 5.74) is 7.40. The minimum Gasteiger partial charge on any atom is -0.391 e. The van der Waals surface area contributed by atoms with Crippen LogP contribution < -0.4 is 32.3 Å². The zero-order chi connectivity index (χ0) is 35.9. The number of aryl methyl sites for hydroxylation is 1. The minimum atomic E-state index is -1.29. The number of rotatable bonds is 3. The van der Waals surface area contributed by atoms with E-state index in [1.54, 1.807) is 44.2 Å². The number of benzene rings is 1. The van der Waals surface area contributed by atoms with Crippen LogP contribution in [0.15, 0.2) is 35.7 Å². The number of thioether (sulfide) groups is 1. The summed E-state index contributed by atoms with van der Waals surface area (Å²) in [6.07, 6.45) is -1.08. The molecule has 6 amide bonds. The highest BCUT2D eigenvalue weighted by Gasteiger charge is 2.45. The van der Waals surface area contributed by atoms with Gasteiger partial charge in [-0.1, -0.05) is 45.0 Å². The van der Waals surface area contributed by atoms with Crippen molar-refractivity contribution in [1.82, 2.24) is 31.5 Å². The third-order valence-corrected chi connectivity index (χ3v) is 10.3. The molecule has 0 bridgehead atoms. The molecular formula is C33H45N7O7S2. The summed E-state index contributed by atoms with van der Waals surface area (Å²) in [7, 11) is 0. The standard InChI is InChI=1S/C33H45N7O7S2/c1-18-9-11-49-27(18)20-7-5-19(6-8-20)26-31(46)36-15-24(42)37-22(14-34)29(44)35-10-12-48-17-25(43)38-28(33(2,3)4)32(47)40-16-21(41)13-23(40)30(45)39-26/h5-9,11,21-23,26,28,41H,10,12-17,34H2,1-4H3,(H,35,44)(H,36,46)(H,37,42)(H,38,43)(H,39,45)/t21-,22-,23+,26+,28-/m1/s1. The van der Waals surface area contributed by atoms with Gasteiger partial charge >= 0.3 is 0 Å². The molecule has 0 spiro atoms. The van der Waals surface area contributed by atoms with E-state index in [1.165, 1.54) is 16.7 Å². The summed E-state index contributed by atoms with van der Waals surface area (Å²) in [6.45, 7) is 6.70. The van der Waals surface area contributed by atoms with E-state index in [0.717, 1.165) is 16.0 Å². The highest BCUT2D eigenvalue weighted by atomic mass is 32.2. The Hall–Kier alpha value is -3.99. The number of nitrogens with zero attached hydrogens (tertiary/aromatic N) is 1. The first-order valence-corrected chi connectivity index (χ1v) is 18.1. The Labute approximate surface area is 293 Å². The van der Waals surface area contributed by atoms with Crippen LogP contribution in [0.5, 0.6) is 0 Å². The number of aliphatic hydroxyl groups is 1. The van der Waals surface area contributed by atoms with Crippen molar-refractivity contribution in [3.8, 4) is 10.4 Å². The number of carbonyl (C=O) groups is 6. The predicted molar refractivity (Wildman–Crippen MR) is 187 cm³/mol. The number of hydrogen-bond acceptors (Lipinski definition) is 10. The molecule has 3 heterocycles. The van der Waals surface area contributed by atoms with Crippen molar-refractivity contribution in [2.75, 3.05) is 37.7 Å². The molecule has 0 saturated carbocycles. The normalized spacial score (nSPS) is 25.7. The van der Waals surface area contributed by atoms with Gasteiger partial charge in [-0.25, -0.2) is 0 Å². The minimum absolute atomic E-state index is 0.000370. The first kappa shape index (κ1) is 37.8. The molecule has 0 unspecified atom stereocenters. The number of hydrogen-bond donors (Lipinski definition) is 7. The van der Waals surface area contributed by atoms with Crippen molar-refractivity contribution in [2.24, 2.45) is 11.1 Å². The van der Waals surface area contributed by atoms with E-state index < -0.39 is 77.7 Å². The molecule has 8 N–H and O–H groups in total. The number of aliphatic hydroxyl groups excluding tert-OH is 1. The van der Waals surface area contributed by atoms with Gasteiger partial charge in [0.1, 0.15) is 24.2 Å². The summed E-state index contributed by atoms with van der Waals surface area (Å²) in [5, 5.41) is 25.8. The highest BCUT2D eigenvalue weighted by molar-refractivity contribution is 7.99. The lowest BCUT2D eigenvalue weighted by Gasteiger charge is -2.35. The first-order valence-electron chi connectivity index (χ1n) is 16.0. The second kappa shape index (κ2) is 16.6. The van der Waals surface area contributed by atoms with E-state index in [9.17, 15) is 33.9 Å². The van der Waals surface area contributed by atoms with Gasteiger partial charge in [-0.05, 0) is 40.5 Å². The average molecular weight is 716 g/mol. The summed E-state index contributed by atoms with van der Waals surface area (Å²) < 4.78 is 0. The van der Waals surface area contributed by atoms with E-state index in [0.29, 0.717) is 11.3 Å². The van der Waals surface area contributed by atoms with Gasteiger partial charge in [0.15, 0.2) is 0 Å². The van der Waals surface area contributed by atoms with Crippen LogP contribution in [-0.2, 0) is 28.8 Å². The number of amides is 6. The zero-order valence-electron chi connectivity index (χ0n) is 28.0. The molecule has 16 heteroatoms. The topological polar surface area (TPSA) is 212 Å². The molecule has 2 aliphatic rings. The molecule has 1 aromatic heterocycles. The zero-order valence-corrected chi connectivity index (χ0v) is 29.7. The van der Waals surface area contributed by atoms with Crippen molar-refractivity contribution >= 4 is 58.5 Å². The molecule has 0 aliphatic carbocycles. The Morgan fingerprint density at radius 1 is 0.918 bits per heavy atom. The van der Waals surface area contributed by atoms with Crippen molar-refractivity contribution in [3.05, 3.63) is 46.8 Å². The monoisotopic (exact) mass is 715 g/mol. The van der Waals surface area contributed by atoms with Crippen LogP contribution in [0.1, 0.15) is 44.4 Å². The maximum absolute atomic E-state index is 14.0. The van der Waals surface area contributed by atoms with Gasteiger partial charge in [0.2, 0.25) is 35.4 Å². The fourth-order valence-electron chi connectivity index (χ4n) is 5.64. The smallest absolute Gasteiger partial charge is 0.247 e. The Morgan fingerprint density at radius 2 is 1.63 bits per heavy atom. The average Bonchev–Trinajstić information content (AvgIpc) is 3.67. The SMILES string of the molecule is Cc1ccsc1-c1ccc([C@@H]2NC(=O)[C@@H]3C[C@@H](O)CN3C(=O)[C@H](C(C)(C)C)NC(=O)CSCCNC(=O)[C@@H](CN)NC(=O)CNC2=O)cc1. The van der Waals surface area contributed by atoms with Crippen molar-refractivity contribution < 1.29 is 33.9 Å². The molecule has 14 nitrogen and oxygen atoms in total. The number of fused-ring (bicyclic) bond motifs is 1. The van der Waals surface area contributed by atoms with E-state index in [1.807, 2.05) is 30.5 Å². The maximum atomic E-state index is 14.0. The van der Waals surface area contributed by atoms with Crippen LogP contribution in [0.4, 0.5) is 0 Å². The Morgan fingerprint density at radius 3 is 2.27 bits per heavy atom. The van der Waals surface area contributed by atoms with Crippen LogP contribution in [0, 0.1) is 12.3 Å². The second-order valence-electron chi connectivity index (χ2n) is 13.2. The van der Waals surface area contributed by atoms with E-state index in [4.69, 9.17) is 5.73 Å². The van der Waals surface area contributed by atoms with Crippen molar-refractivity contribution in [1.29, 1.82) is 0 Å². The van der Waals surface area contributed by atoms with E-state index >= 15 is 0 Å². The molecule has 2 fully saturated rings. The molecule has 49 heavy (non-hydrogen) atoms. The highest BCUT2D eigenvalue weighted by Crippen LogP contribution is 2.31. The molecule has 0 radical (unpaired) electrons.